The fourth-order valence-corrected chi connectivity index (χ4v) is 8.96. The van der Waals surface area contributed by atoms with Crippen LogP contribution in [0.3, 0.4) is 0 Å². The minimum absolute atomic E-state index is 0.0433. The molecule has 0 aromatic carbocycles. The minimum Gasteiger partial charge on any atom is -0.756 e. The van der Waals surface area contributed by atoms with Crippen LogP contribution in [0.2, 0.25) is 0 Å². The molecule has 10 heteroatoms. The van der Waals surface area contributed by atoms with Crippen molar-refractivity contribution in [3.63, 3.8) is 0 Å². The fourth-order valence-electron chi connectivity index (χ4n) is 8.24. The number of nitrogens with one attached hydrogen (secondary N) is 1. The van der Waals surface area contributed by atoms with Crippen LogP contribution in [0, 0.1) is 0 Å². The van der Waals surface area contributed by atoms with Gasteiger partial charge in [-0.15, -0.1) is 0 Å². The lowest BCUT2D eigenvalue weighted by Crippen LogP contribution is -2.47. The van der Waals surface area contributed by atoms with Crippen LogP contribution in [0.5, 0.6) is 0 Å². The zero-order chi connectivity index (χ0) is 57.9. The fraction of sp³-hybridized carbons (Fsp3) is 0.652. The van der Waals surface area contributed by atoms with Crippen molar-refractivity contribution >= 4 is 19.7 Å². The van der Waals surface area contributed by atoms with Crippen LogP contribution in [-0.4, -0.2) is 69.4 Å². The van der Waals surface area contributed by atoms with E-state index in [9.17, 15) is 19.0 Å². The molecule has 3 atom stereocenters. The summed E-state index contributed by atoms with van der Waals surface area (Å²) in [4.78, 5) is 40.0. The Morgan fingerprint density at radius 1 is 0.456 bits per heavy atom. The Kier molecular flexibility index (Phi) is 54.6. The summed E-state index contributed by atoms with van der Waals surface area (Å²) in [5, 5.41) is 3.00. The highest BCUT2D eigenvalue weighted by molar-refractivity contribution is 7.45. The van der Waals surface area contributed by atoms with Crippen molar-refractivity contribution < 1.29 is 37.3 Å². The van der Waals surface area contributed by atoms with E-state index in [0.29, 0.717) is 23.9 Å². The van der Waals surface area contributed by atoms with Gasteiger partial charge in [0.05, 0.1) is 33.8 Å². The molecule has 3 unspecified atom stereocenters. The first-order valence-corrected chi connectivity index (χ1v) is 33.0. The molecule has 0 aliphatic rings. The second-order valence-electron chi connectivity index (χ2n) is 21.8. The Labute approximate surface area is 485 Å². The Bertz CT molecular complexity index is 1810. The monoisotopic (exact) mass is 1120 g/mol. The third-order valence-corrected chi connectivity index (χ3v) is 14.0. The lowest BCUT2D eigenvalue weighted by Gasteiger charge is -2.30. The van der Waals surface area contributed by atoms with Crippen molar-refractivity contribution in [2.24, 2.45) is 0 Å². The largest absolute Gasteiger partial charge is 0.756 e. The predicted octanol–water partition coefficient (Wildman–Crippen LogP) is 19.0. The maximum atomic E-state index is 13.5. The van der Waals surface area contributed by atoms with Gasteiger partial charge in [-0.2, -0.15) is 0 Å². The number of hydrogen-bond donors (Lipinski definition) is 1. The third kappa shape index (κ3) is 58.6. The summed E-state index contributed by atoms with van der Waals surface area (Å²) in [5.74, 6) is -0.661. The standard InChI is InChI=1S/C69H117N2O7P/c1-7-10-13-16-19-22-25-27-29-31-33-34-35-36-38-39-41-43-46-49-52-55-58-61-68(72)70-66(65-77-79(74,75)76-64-63-71(4,5)6)67(60-57-54-51-48-45-24-21-18-15-12-9-3)78-69(73)62-59-56-53-50-47-44-42-40-37-32-30-28-26-23-20-17-14-11-8-2/h11,14,19-20,22-23,27-30,33-34,36-38,40,44,47,53,56-57,60,66-67H,7-10,12-13,15-18,21,24-26,31-32,35,39,41-43,45-46,48-52,54-55,58-59,61-65H2,1-6H3,(H-,70,72,74,75)/b14-11-,22-19-,23-20-,29-27-,30-28-,34-33-,38-36-,40-37-,47-44-,56-53-,60-57-. The quantitative estimate of drug-likeness (QED) is 0.0212. The highest BCUT2D eigenvalue weighted by Gasteiger charge is 2.27. The number of carbonyl (C=O) groups excluding carboxylic acids is 2. The van der Waals surface area contributed by atoms with Crippen molar-refractivity contribution in [2.45, 2.75) is 251 Å². The number of carbonyl (C=O) groups is 2. The van der Waals surface area contributed by atoms with E-state index in [4.69, 9.17) is 13.8 Å². The van der Waals surface area contributed by atoms with Crippen LogP contribution in [0.1, 0.15) is 239 Å². The van der Waals surface area contributed by atoms with E-state index in [-0.39, 0.29) is 25.4 Å². The van der Waals surface area contributed by atoms with Gasteiger partial charge in [0.25, 0.3) is 7.82 Å². The van der Waals surface area contributed by atoms with Crippen LogP contribution in [0.15, 0.2) is 134 Å². The molecule has 0 spiro atoms. The first-order chi connectivity index (χ1) is 38.4. The van der Waals surface area contributed by atoms with Gasteiger partial charge in [-0.3, -0.25) is 14.2 Å². The Balaban J connectivity index is 5.33. The normalized spacial score (nSPS) is 14.6. The van der Waals surface area contributed by atoms with Gasteiger partial charge in [0.15, 0.2) is 0 Å². The number of quaternary nitrogens is 1. The average Bonchev–Trinajstić information content (AvgIpc) is 3.41. The molecule has 0 heterocycles. The van der Waals surface area contributed by atoms with Crippen molar-refractivity contribution in [1.29, 1.82) is 0 Å². The van der Waals surface area contributed by atoms with Gasteiger partial charge in [-0.25, -0.2) is 0 Å². The van der Waals surface area contributed by atoms with E-state index in [2.05, 4.69) is 135 Å². The van der Waals surface area contributed by atoms with Crippen molar-refractivity contribution in [3.05, 3.63) is 134 Å². The van der Waals surface area contributed by atoms with E-state index in [1.54, 1.807) is 6.08 Å². The molecule has 79 heavy (non-hydrogen) atoms. The molecule has 0 saturated heterocycles. The molecular formula is C69H117N2O7P. The van der Waals surface area contributed by atoms with Gasteiger partial charge >= 0.3 is 5.97 Å². The number of nitrogens with zero attached hydrogens (tertiary/aromatic N) is 1. The van der Waals surface area contributed by atoms with Gasteiger partial charge in [-0.05, 0) is 115 Å². The first kappa shape index (κ1) is 75.2. The molecule has 1 amide bonds. The van der Waals surface area contributed by atoms with Crippen molar-refractivity contribution in [1.82, 2.24) is 5.32 Å². The van der Waals surface area contributed by atoms with Crippen LogP contribution in [0.25, 0.3) is 0 Å². The Morgan fingerprint density at radius 2 is 0.823 bits per heavy atom. The smallest absolute Gasteiger partial charge is 0.306 e. The summed E-state index contributed by atoms with van der Waals surface area (Å²) in [6.45, 7) is 6.62. The number of hydrogen-bond acceptors (Lipinski definition) is 7. The Hall–Kier alpha value is -3.85. The summed E-state index contributed by atoms with van der Waals surface area (Å²) >= 11 is 0. The van der Waals surface area contributed by atoms with Gasteiger partial charge < -0.3 is 28.5 Å². The average molecular weight is 1120 g/mol. The zero-order valence-electron chi connectivity index (χ0n) is 51.3. The minimum atomic E-state index is -4.73. The summed E-state index contributed by atoms with van der Waals surface area (Å²) in [6.07, 6.45) is 81.5. The number of esters is 1. The van der Waals surface area contributed by atoms with Crippen LogP contribution in [0.4, 0.5) is 0 Å². The molecular weight excluding hydrogens is 1000 g/mol. The Morgan fingerprint density at radius 3 is 1.27 bits per heavy atom. The van der Waals surface area contributed by atoms with E-state index in [0.717, 1.165) is 103 Å². The number of unbranched alkanes of at least 4 members (excludes halogenated alkanes) is 19. The molecule has 0 rings (SSSR count). The second kappa shape index (κ2) is 57.4. The molecule has 0 radical (unpaired) electrons. The molecule has 450 valence electrons. The van der Waals surface area contributed by atoms with Gasteiger partial charge in [0, 0.05) is 12.8 Å². The molecule has 1 N–H and O–H groups in total. The van der Waals surface area contributed by atoms with Gasteiger partial charge in [0.1, 0.15) is 19.3 Å². The summed E-state index contributed by atoms with van der Waals surface area (Å²) in [5.41, 5.74) is 0. The molecule has 0 aliphatic heterocycles. The number of phosphoric ester groups is 1. The molecule has 0 fully saturated rings. The van der Waals surface area contributed by atoms with Gasteiger partial charge in [-0.1, -0.05) is 245 Å². The SMILES string of the molecule is CC/C=C\C/C=C\C/C=C\C/C=C\C/C=C\C/C=C\CCC(=O)OC(/C=C\CCCCCCCCCCC)C(COP(=O)([O-])OCC[N+](C)(C)C)NC(=O)CCCCCCCCC/C=C\C/C=C\C/C=C\C/C=C\CCCCC. The number of phosphoric acid groups is 1. The lowest BCUT2D eigenvalue weighted by atomic mass is 10.1. The maximum Gasteiger partial charge on any atom is 0.306 e. The molecule has 9 nitrogen and oxygen atoms in total. The van der Waals surface area contributed by atoms with E-state index in [1.165, 1.54) is 89.9 Å². The molecule has 0 saturated carbocycles. The topological polar surface area (TPSA) is 114 Å². The van der Waals surface area contributed by atoms with Crippen LogP contribution >= 0.6 is 7.82 Å². The second-order valence-corrected chi connectivity index (χ2v) is 23.2. The van der Waals surface area contributed by atoms with Gasteiger partial charge in [0.2, 0.25) is 5.91 Å². The molecule has 0 aromatic rings. The number of allylic oxidation sites excluding steroid dienone is 21. The summed E-state index contributed by atoms with van der Waals surface area (Å²) in [6, 6.07) is -0.935. The molecule has 0 bridgehead atoms. The zero-order valence-corrected chi connectivity index (χ0v) is 52.2. The number of likely N-dealkylation sites (N-methyl/N-ethyl adjacent to an activating group) is 1. The maximum absolute atomic E-state index is 13.5. The lowest BCUT2D eigenvalue weighted by molar-refractivity contribution is -0.870. The first-order valence-electron chi connectivity index (χ1n) is 31.5. The third-order valence-electron chi connectivity index (χ3n) is 13.1. The van der Waals surface area contributed by atoms with E-state index < -0.39 is 32.5 Å². The van der Waals surface area contributed by atoms with Crippen LogP contribution in [-0.2, 0) is 27.9 Å². The van der Waals surface area contributed by atoms with E-state index >= 15 is 0 Å². The van der Waals surface area contributed by atoms with Crippen molar-refractivity contribution in [3.8, 4) is 0 Å². The molecule has 0 aromatic heterocycles. The number of ether oxygens (including phenoxy) is 1. The molecule has 0 aliphatic carbocycles. The predicted molar refractivity (Wildman–Crippen MR) is 339 cm³/mol. The highest BCUT2D eigenvalue weighted by atomic mass is 31.2. The van der Waals surface area contributed by atoms with Crippen LogP contribution < -0.4 is 10.2 Å². The number of amides is 1. The van der Waals surface area contributed by atoms with Crippen molar-refractivity contribution in [2.75, 3.05) is 40.9 Å². The van der Waals surface area contributed by atoms with E-state index in [1.807, 2.05) is 39.4 Å². The summed E-state index contributed by atoms with van der Waals surface area (Å²) < 4.78 is 30.2. The highest BCUT2D eigenvalue weighted by Crippen LogP contribution is 2.38. The summed E-state index contributed by atoms with van der Waals surface area (Å²) in [7, 11) is 1.12. The number of rotatable bonds is 55.